The highest BCUT2D eigenvalue weighted by molar-refractivity contribution is 5.74. The second-order valence-corrected chi connectivity index (χ2v) is 9.96. The minimum absolute atomic E-state index is 0.0668. The van der Waals surface area contributed by atoms with E-state index in [1.54, 1.807) is 0 Å². The van der Waals surface area contributed by atoms with Gasteiger partial charge in [-0.1, -0.05) is 18.2 Å². The van der Waals surface area contributed by atoms with Crippen LogP contribution in [0.15, 0.2) is 30.3 Å². The maximum Gasteiger partial charge on any atom is 0.320 e. The van der Waals surface area contributed by atoms with Crippen molar-refractivity contribution in [3.8, 4) is 0 Å². The quantitative estimate of drug-likeness (QED) is 0.510. The third-order valence-electron chi connectivity index (χ3n) is 7.69. The van der Waals surface area contributed by atoms with E-state index in [2.05, 4.69) is 54.7 Å². The number of piperidine rings is 2. The van der Waals surface area contributed by atoms with E-state index < -0.39 is 12.0 Å². The summed E-state index contributed by atoms with van der Waals surface area (Å²) in [5, 5.41) is 16.0. The van der Waals surface area contributed by atoms with E-state index in [9.17, 15) is 9.90 Å². The zero-order valence-electron chi connectivity index (χ0n) is 19.7. The van der Waals surface area contributed by atoms with E-state index in [0.29, 0.717) is 13.0 Å². The van der Waals surface area contributed by atoms with Gasteiger partial charge in [0.1, 0.15) is 17.7 Å². The second-order valence-electron chi connectivity index (χ2n) is 9.96. The van der Waals surface area contributed by atoms with Gasteiger partial charge in [0, 0.05) is 51.0 Å². The molecule has 0 radical (unpaired) electrons. The van der Waals surface area contributed by atoms with Crippen LogP contribution in [0.1, 0.15) is 44.1 Å². The molecule has 4 heterocycles. The van der Waals surface area contributed by atoms with Crippen LogP contribution in [-0.4, -0.2) is 59.8 Å². The van der Waals surface area contributed by atoms with Crippen molar-refractivity contribution in [2.24, 2.45) is 5.41 Å². The summed E-state index contributed by atoms with van der Waals surface area (Å²) in [6.07, 6.45) is 6.40. The van der Waals surface area contributed by atoms with Crippen molar-refractivity contribution >= 4 is 29.2 Å². The Bertz CT molecular complexity index is 1020. The number of carboxylic acids is 1. The smallest absolute Gasteiger partial charge is 0.320 e. The van der Waals surface area contributed by atoms with Crippen LogP contribution < -0.4 is 26.2 Å². The number of rotatable bonds is 6. The number of nitrogens with two attached hydrogens (primary N) is 1. The van der Waals surface area contributed by atoms with Gasteiger partial charge in [0.25, 0.3) is 0 Å². The molecule has 0 bridgehead atoms. The molecule has 34 heavy (non-hydrogen) atoms. The molecule has 0 saturated carbocycles. The summed E-state index contributed by atoms with van der Waals surface area (Å²) in [7, 11) is 0. The molecular weight excluding hydrogens is 430 g/mol. The molecule has 0 unspecified atom stereocenters. The fraction of sp³-hybridized carbons (Fsp3) is 0.560. The van der Waals surface area contributed by atoms with E-state index >= 15 is 0 Å². The third kappa shape index (κ3) is 4.89. The predicted molar refractivity (Wildman–Crippen MR) is 134 cm³/mol. The Balaban J connectivity index is 1.24. The molecule has 3 fully saturated rings. The number of hydrogen-bond donors (Lipinski definition) is 4. The van der Waals surface area contributed by atoms with E-state index in [4.69, 9.17) is 5.73 Å². The van der Waals surface area contributed by atoms with E-state index in [1.807, 2.05) is 6.07 Å². The van der Waals surface area contributed by atoms with Gasteiger partial charge in [-0.15, -0.1) is 0 Å². The van der Waals surface area contributed by atoms with Gasteiger partial charge in [-0.3, -0.25) is 4.79 Å². The van der Waals surface area contributed by atoms with Crippen molar-refractivity contribution in [3.63, 3.8) is 0 Å². The number of nitrogens with zero attached hydrogens (tertiary/aromatic N) is 4. The van der Waals surface area contributed by atoms with Gasteiger partial charge in [0.15, 0.2) is 0 Å². The molecule has 3 aliphatic heterocycles. The first kappa shape index (κ1) is 22.7. The number of nitrogens with one attached hydrogen (secondary N) is 2. The van der Waals surface area contributed by atoms with Crippen molar-refractivity contribution < 1.29 is 9.90 Å². The molecule has 5 rings (SSSR count). The molecule has 1 spiro atoms. The van der Waals surface area contributed by atoms with Crippen molar-refractivity contribution in [1.29, 1.82) is 0 Å². The minimum atomic E-state index is -0.750. The molecule has 3 aliphatic rings. The number of nitrogen functional groups attached to an aromatic ring is 1. The topological polar surface area (TPSA) is 120 Å². The van der Waals surface area contributed by atoms with E-state index in [0.717, 1.165) is 57.2 Å². The monoisotopic (exact) mass is 465 g/mol. The number of benzene rings is 1. The molecule has 1 aromatic heterocycles. The zero-order valence-corrected chi connectivity index (χ0v) is 19.7. The Hall–Kier alpha value is -3.07. The van der Waals surface area contributed by atoms with Crippen molar-refractivity contribution in [1.82, 2.24) is 15.3 Å². The van der Waals surface area contributed by atoms with E-state index in [1.165, 1.54) is 30.5 Å². The van der Waals surface area contributed by atoms with Gasteiger partial charge >= 0.3 is 5.97 Å². The fourth-order valence-corrected chi connectivity index (χ4v) is 5.68. The van der Waals surface area contributed by atoms with Crippen molar-refractivity contribution in [2.75, 3.05) is 53.6 Å². The summed E-state index contributed by atoms with van der Waals surface area (Å²) in [6.45, 7) is 5.34. The molecule has 1 atom stereocenters. The highest BCUT2D eigenvalue weighted by atomic mass is 16.4. The summed E-state index contributed by atoms with van der Waals surface area (Å²) < 4.78 is 0. The second kappa shape index (κ2) is 9.66. The average Bonchev–Trinajstić information content (AvgIpc) is 3.27. The zero-order chi connectivity index (χ0) is 23.5. The third-order valence-corrected chi connectivity index (χ3v) is 7.69. The number of carbonyl (C=O) groups is 1. The largest absolute Gasteiger partial charge is 0.480 e. The lowest BCUT2D eigenvalue weighted by Gasteiger charge is -2.39. The Morgan fingerprint density at radius 3 is 2.62 bits per heavy atom. The van der Waals surface area contributed by atoms with Crippen LogP contribution in [0.3, 0.4) is 0 Å². The van der Waals surface area contributed by atoms with Gasteiger partial charge in [0.05, 0.1) is 0 Å². The summed E-state index contributed by atoms with van der Waals surface area (Å²) in [5.74, 6) is 1.07. The van der Waals surface area contributed by atoms with Gasteiger partial charge < -0.3 is 31.3 Å². The maximum atomic E-state index is 11.3. The molecule has 0 amide bonds. The summed E-state index contributed by atoms with van der Waals surface area (Å²) in [4.78, 5) is 25.0. The standard InChI is InChI=1S/C25H35N7O2/c26-24-29-21(27-16-18-6-2-3-7-20(18)31-10-4-1-5-11-31)14-22(30-24)32-12-8-25(9-13-32)15-19(23(33)34)28-17-25/h2-3,6-7,14,19,28H,1,4-5,8-13,15-17H2,(H,33,34)(H3,26,27,29,30)/t19-/m0/s1. The fourth-order valence-electron chi connectivity index (χ4n) is 5.68. The molecule has 182 valence electrons. The van der Waals surface area contributed by atoms with Crippen LogP contribution >= 0.6 is 0 Å². The lowest BCUT2D eigenvalue weighted by atomic mass is 9.76. The number of carboxylic acid groups (broad SMARTS) is 1. The highest BCUT2D eigenvalue weighted by Gasteiger charge is 2.43. The van der Waals surface area contributed by atoms with Crippen LogP contribution in [0.25, 0.3) is 0 Å². The molecule has 3 saturated heterocycles. The van der Waals surface area contributed by atoms with E-state index in [-0.39, 0.29) is 11.4 Å². The molecule has 0 aliphatic carbocycles. The van der Waals surface area contributed by atoms with Gasteiger partial charge in [0.2, 0.25) is 5.95 Å². The Morgan fingerprint density at radius 2 is 1.88 bits per heavy atom. The molecule has 2 aromatic rings. The van der Waals surface area contributed by atoms with Crippen LogP contribution in [0.4, 0.5) is 23.3 Å². The number of hydrogen-bond acceptors (Lipinski definition) is 8. The maximum absolute atomic E-state index is 11.3. The minimum Gasteiger partial charge on any atom is -0.480 e. The lowest BCUT2D eigenvalue weighted by molar-refractivity contribution is -0.139. The van der Waals surface area contributed by atoms with Crippen molar-refractivity contribution in [3.05, 3.63) is 35.9 Å². The molecular formula is C25H35N7O2. The summed E-state index contributed by atoms with van der Waals surface area (Å²) >= 11 is 0. The van der Waals surface area contributed by atoms with Gasteiger partial charge in [-0.2, -0.15) is 9.97 Å². The first-order valence-corrected chi connectivity index (χ1v) is 12.4. The van der Waals surface area contributed by atoms with Crippen LogP contribution in [0.2, 0.25) is 0 Å². The Kier molecular flexibility index (Phi) is 6.45. The number of aromatic nitrogens is 2. The summed E-state index contributed by atoms with van der Waals surface area (Å²) in [5.41, 5.74) is 8.69. The van der Waals surface area contributed by atoms with Gasteiger partial charge in [-0.25, -0.2) is 0 Å². The highest BCUT2D eigenvalue weighted by Crippen LogP contribution is 2.40. The number of anilines is 4. The number of aliphatic carboxylic acids is 1. The molecule has 9 heteroatoms. The van der Waals surface area contributed by atoms with Crippen LogP contribution in [0, 0.1) is 5.41 Å². The normalized spacial score (nSPS) is 22.2. The summed E-state index contributed by atoms with van der Waals surface area (Å²) in [6, 6.07) is 10.1. The average molecular weight is 466 g/mol. The lowest BCUT2D eigenvalue weighted by Crippen LogP contribution is -2.41. The molecule has 9 nitrogen and oxygen atoms in total. The first-order chi connectivity index (χ1) is 16.5. The van der Waals surface area contributed by atoms with Crippen LogP contribution in [-0.2, 0) is 11.3 Å². The Labute approximate surface area is 200 Å². The Morgan fingerprint density at radius 1 is 1.12 bits per heavy atom. The SMILES string of the molecule is Nc1nc(NCc2ccccc2N2CCCCC2)cc(N2CCC3(CC2)CN[C@H](C(=O)O)C3)n1. The van der Waals surface area contributed by atoms with Crippen LogP contribution in [0.5, 0.6) is 0 Å². The predicted octanol–water partition coefficient (Wildman–Crippen LogP) is 2.69. The number of para-hydroxylation sites is 1. The van der Waals surface area contributed by atoms with Gasteiger partial charge in [-0.05, 0) is 55.6 Å². The molecule has 1 aromatic carbocycles. The van der Waals surface area contributed by atoms with Crippen molar-refractivity contribution in [2.45, 2.75) is 51.1 Å². The first-order valence-electron chi connectivity index (χ1n) is 12.4. The molecule has 5 N–H and O–H groups in total.